The van der Waals surface area contributed by atoms with Crippen molar-refractivity contribution >= 4 is 27.4 Å². The van der Waals surface area contributed by atoms with Gasteiger partial charge in [0.2, 0.25) is 5.91 Å². The molecule has 0 saturated carbocycles. The van der Waals surface area contributed by atoms with Crippen LogP contribution >= 0.6 is 0 Å². The molecule has 1 rings (SSSR count). The van der Waals surface area contributed by atoms with Crippen LogP contribution in [0.5, 0.6) is 0 Å². The molecule has 6 nitrogen and oxygen atoms in total. The highest BCUT2D eigenvalue weighted by atomic mass is 32.2. The molecule has 0 aliphatic rings. The molecule has 0 aliphatic heterocycles. The molecule has 1 aromatic rings. The van der Waals surface area contributed by atoms with E-state index in [4.69, 9.17) is 5.11 Å². The molecule has 1 amide bonds. The van der Waals surface area contributed by atoms with E-state index in [9.17, 15) is 18.0 Å². The van der Waals surface area contributed by atoms with Crippen molar-refractivity contribution in [1.29, 1.82) is 0 Å². The van der Waals surface area contributed by atoms with Crippen molar-refractivity contribution in [2.24, 2.45) is 5.41 Å². The van der Waals surface area contributed by atoms with Gasteiger partial charge in [-0.1, -0.05) is 12.1 Å². The van der Waals surface area contributed by atoms with E-state index >= 15 is 0 Å². The zero-order valence-corrected chi connectivity index (χ0v) is 13.0. The van der Waals surface area contributed by atoms with Crippen molar-refractivity contribution in [2.75, 3.05) is 11.6 Å². The number of benzene rings is 1. The van der Waals surface area contributed by atoms with Gasteiger partial charge in [-0.05, 0) is 31.5 Å². The summed E-state index contributed by atoms with van der Waals surface area (Å²) in [6.07, 6.45) is 0.965. The van der Waals surface area contributed by atoms with E-state index in [2.05, 4.69) is 5.32 Å². The lowest BCUT2D eigenvalue weighted by molar-refractivity contribution is -0.148. The van der Waals surface area contributed by atoms with Crippen LogP contribution in [0.25, 0.3) is 0 Å². The van der Waals surface area contributed by atoms with Crippen molar-refractivity contribution in [3.8, 4) is 0 Å². The fraction of sp³-hybridized carbons (Fsp3) is 0.429. The first-order chi connectivity index (χ1) is 9.49. The number of anilines is 1. The van der Waals surface area contributed by atoms with Gasteiger partial charge < -0.3 is 10.4 Å². The Balaban J connectivity index is 2.78. The predicted octanol–water partition coefficient (Wildman–Crippen LogP) is 1.67. The van der Waals surface area contributed by atoms with Crippen LogP contribution < -0.4 is 5.32 Å². The van der Waals surface area contributed by atoms with Gasteiger partial charge in [0.25, 0.3) is 0 Å². The zero-order valence-electron chi connectivity index (χ0n) is 12.2. The summed E-state index contributed by atoms with van der Waals surface area (Å²) in [6.45, 7) is 2.93. The van der Waals surface area contributed by atoms with E-state index in [1.54, 1.807) is 24.3 Å². The number of rotatable bonds is 6. The van der Waals surface area contributed by atoms with E-state index in [0.29, 0.717) is 11.3 Å². The van der Waals surface area contributed by atoms with Gasteiger partial charge in [0.15, 0.2) is 9.84 Å². The lowest BCUT2D eigenvalue weighted by Gasteiger charge is -2.18. The summed E-state index contributed by atoms with van der Waals surface area (Å²) in [7, 11) is -3.15. The third-order valence-corrected chi connectivity index (χ3v) is 3.68. The number of carboxylic acids is 1. The van der Waals surface area contributed by atoms with E-state index in [1.165, 1.54) is 13.8 Å². The molecule has 2 N–H and O–H groups in total. The molecule has 0 heterocycles. The number of hydrogen-bond donors (Lipinski definition) is 2. The van der Waals surface area contributed by atoms with E-state index in [0.717, 1.165) is 6.26 Å². The maximum Gasteiger partial charge on any atom is 0.309 e. The van der Waals surface area contributed by atoms with Gasteiger partial charge in [0.05, 0.1) is 11.2 Å². The quantitative estimate of drug-likeness (QED) is 0.832. The van der Waals surface area contributed by atoms with Crippen molar-refractivity contribution in [1.82, 2.24) is 0 Å². The van der Waals surface area contributed by atoms with Crippen molar-refractivity contribution in [3.05, 3.63) is 29.8 Å². The molecule has 0 bridgehead atoms. The number of sulfone groups is 1. The minimum absolute atomic E-state index is 0.114. The van der Waals surface area contributed by atoms with Crippen molar-refractivity contribution < 1.29 is 23.1 Å². The van der Waals surface area contributed by atoms with Crippen LogP contribution in [0.1, 0.15) is 25.8 Å². The molecule has 0 radical (unpaired) electrons. The normalized spacial score (nSPS) is 12.0. The second-order valence-corrected chi connectivity index (χ2v) is 7.82. The number of hydrogen-bond acceptors (Lipinski definition) is 4. The van der Waals surface area contributed by atoms with Crippen LogP contribution in [0.2, 0.25) is 0 Å². The predicted molar refractivity (Wildman–Crippen MR) is 79.7 cm³/mol. The Morgan fingerprint density at radius 1 is 1.29 bits per heavy atom. The topological polar surface area (TPSA) is 101 Å². The molecular weight excluding hydrogens is 294 g/mol. The maximum absolute atomic E-state index is 11.8. The van der Waals surface area contributed by atoms with E-state index in [-0.39, 0.29) is 12.2 Å². The zero-order chi connectivity index (χ0) is 16.3. The standard InChI is InChI=1S/C14H19NO5S/c1-14(2,13(17)18)8-12(16)15-11-6-4-5-10(7-11)9-21(3,19)20/h4-7H,8-9H2,1-3H3,(H,15,16)(H,17,18). The average molecular weight is 313 g/mol. The van der Waals surface area contributed by atoms with Crippen LogP contribution in [0.15, 0.2) is 24.3 Å². The monoisotopic (exact) mass is 313 g/mol. The number of amides is 1. The maximum atomic E-state index is 11.8. The Morgan fingerprint density at radius 3 is 2.43 bits per heavy atom. The van der Waals surface area contributed by atoms with Gasteiger partial charge in [-0.25, -0.2) is 8.42 Å². The smallest absolute Gasteiger partial charge is 0.309 e. The molecule has 21 heavy (non-hydrogen) atoms. The summed E-state index contributed by atoms with van der Waals surface area (Å²) in [6, 6.07) is 6.47. The van der Waals surface area contributed by atoms with Gasteiger partial charge in [-0.3, -0.25) is 9.59 Å². The second-order valence-electron chi connectivity index (χ2n) is 5.68. The molecule has 7 heteroatoms. The Morgan fingerprint density at radius 2 is 1.90 bits per heavy atom. The van der Waals surface area contributed by atoms with Crippen LogP contribution in [-0.2, 0) is 25.2 Å². The number of aliphatic carboxylic acids is 1. The van der Waals surface area contributed by atoms with Gasteiger partial charge >= 0.3 is 5.97 Å². The van der Waals surface area contributed by atoms with E-state index in [1.807, 2.05) is 0 Å². The largest absolute Gasteiger partial charge is 0.481 e. The van der Waals surface area contributed by atoms with Crippen LogP contribution in [0.4, 0.5) is 5.69 Å². The first-order valence-electron chi connectivity index (χ1n) is 6.29. The minimum atomic E-state index is -3.15. The van der Waals surface area contributed by atoms with Gasteiger partial charge in [0.1, 0.15) is 0 Å². The molecule has 0 saturated heterocycles. The molecule has 1 aromatic carbocycles. The third-order valence-electron chi connectivity index (χ3n) is 2.82. The molecule has 0 aliphatic carbocycles. The van der Waals surface area contributed by atoms with Crippen molar-refractivity contribution in [3.63, 3.8) is 0 Å². The van der Waals surface area contributed by atoms with Gasteiger partial charge in [-0.2, -0.15) is 0 Å². The summed E-state index contributed by atoms with van der Waals surface area (Å²) in [5.74, 6) is -1.60. The van der Waals surface area contributed by atoms with Crippen molar-refractivity contribution in [2.45, 2.75) is 26.0 Å². The molecular formula is C14H19NO5S. The number of carbonyl (C=O) groups excluding carboxylic acids is 1. The molecule has 0 aromatic heterocycles. The fourth-order valence-electron chi connectivity index (χ4n) is 1.72. The molecule has 0 spiro atoms. The highest BCUT2D eigenvalue weighted by molar-refractivity contribution is 7.89. The van der Waals surface area contributed by atoms with Gasteiger partial charge in [-0.15, -0.1) is 0 Å². The number of carbonyl (C=O) groups is 2. The lowest BCUT2D eigenvalue weighted by Crippen LogP contribution is -2.29. The highest BCUT2D eigenvalue weighted by Crippen LogP contribution is 2.22. The second kappa shape index (κ2) is 6.26. The lowest BCUT2D eigenvalue weighted by atomic mass is 9.89. The summed E-state index contributed by atoms with van der Waals surface area (Å²) in [4.78, 5) is 22.8. The number of carboxylic acid groups (broad SMARTS) is 1. The Kier molecular flexibility index (Phi) is 5.11. The SMILES string of the molecule is CC(C)(CC(=O)Nc1cccc(CS(C)(=O)=O)c1)C(=O)O. The summed E-state index contributed by atoms with van der Waals surface area (Å²) >= 11 is 0. The molecule has 0 atom stereocenters. The first kappa shape index (κ1) is 17.2. The summed E-state index contributed by atoms with van der Waals surface area (Å²) in [5.41, 5.74) is -0.149. The summed E-state index contributed by atoms with van der Waals surface area (Å²) in [5, 5.41) is 11.6. The van der Waals surface area contributed by atoms with Crippen LogP contribution in [0.3, 0.4) is 0 Å². The highest BCUT2D eigenvalue weighted by Gasteiger charge is 2.30. The van der Waals surface area contributed by atoms with Gasteiger partial charge in [0, 0.05) is 18.4 Å². The summed E-state index contributed by atoms with van der Waals surface area (Å²) < 4.78 is 22.5. The van der Waals surface area contributed by atoms with Crippen LogP contribution in [-0.4, -0.2) is 31.7 Å². The van der Waals surface area contributed by atoms with E-state index < -0.39 is 27.1 Å². The number of nitrogens with one attached hydrogen (secondary N) is 1. The fourth-order valence-corrected chi connectivity index (χ4v) is 2.51. The Labute approximate surface area is 124 Å². The van der Waals surface area contributed by atoms with Crippen LogP contribution in [0, 0.1) is 5.41 Å². The minimum Gasteiger partial charge on any atom is -0.481 e. The molecule has 0 fully saturated rings. The average Bonchev–Trinajstić information content (AvgIpc) is 2.25. The Bertz CT molecular complexity index is 649. The Hall–Kier alpha value is -1.89. The molecule has 116 valence electrons. The molecule has 0 unspecified atom stereocenters. The third kappa shape index (κ3) is 5.95. The first-order valence-corrected chi connectivity index (χ1v) is 8.35.